The van der Waals surface area contributed by atoms with Gasteiger partial charge in [0.15, 0.2) is 0 Å². The lowest BCUT2D eigenvalue weighted by Gasteiger charge is -2.23. The predicted molar refractivity (Wildman–Crippen MR) is 71.1 cm³/mol. The number of nitrogens with one attached hydrogen (secondary N) is 1. The molecule has 0 saturated heterocycles. The van der Waals surface area contributed by atoms with Crippen LogP contribution in [0.1, 0.15) is 56.2 Å². The Kier molecular flexibility index (Phi) is 4.34. The zero-order chi connectivity index (χ0) is 14.8. The highest BCUT2D eigenvalue weighted by molar-refractivity contribution is 5.96. The van der Waals surface area contributed by atoms with Gasteiger partial charge in [0.25, 0.3) is 5.91 Å². The molecule has 0 radical (unpaired) electrons. The van der Waals surface area contributed by atoms with Crippen LogP contribution in [-0.4, -0.2) is 32.3 Å². The zero-order valence-corrected chi connectivity index (χ0v) is 12.0. The van der Waals surface area contributed by atoms with E-state index < -0.39 is 17.4 Å². The van der Waals surface area contributed by atoms with Crippen LogP contribution in [0.4, 0.5) is 0 Å². The van der Waals surface area contributed by atoms with Gasteiger partial charge in [0.1, 0.15) is 11.2 Å². The summed E-state index contributed by atoms with van der Waals surface area (Å²) in [5.41, 5.74) is -0.0992. The first-order valence-electron chi connectivity index (χ1n) is 6.31. The quantitative estimate of drug-likeness (QED) is 0.847. The largest absolute Gasteiger partial charge is 0.480 e. The fraction of sp³-hybridized carbons (Fsp3) is 0.615. The third-order valence-electron chi connectivity index (χ3n) is 3.31. The fourth-order valence-corrected chi connectivity index (χ4v) is 1.74. The van der Waals surface area contributed by atoms with Crippen molar-refractivity contribution in [3.8, 4) is 0 Å². The molecule has 0 aliphatic heterocycles. The molecule has 1 amide bonds. The highest BCUT2D eigenvalue weighted by Gasteiger charge is 2.33. The number of carboxylic acid groups (broad SMARTS) is 1. The second-order valence-corrected chi connectivity index (χ2v) is 5.18. The van der Waals surface area contributed by atoms with Gasteiger partial charge in [-0.05, 0) is 25.3 Å². The van der Waals surface area contributed by atoms with Crippen LogP contribution in [0.15, 0.2) is 6.07 Å². The summed E-state index contributed by atoms with van der Waals surface area (Å²) in [6.07, 6.45) is 0.304. The number of aromatic nitrogens is 2. The van der Waals surface area contributed by atoms with E-state index in [1.807, 2.05) is 13.8 Å². The maximum atomic E-state index is 12.1. The van der Waals surface area contributed by atoms with E-state index in [2.05, 4.69) is 10.4 Å². The Morgan fingerprint density at radius 3 is 2.47 bits per heavy atom. The summed E-state index contributed by atoms with van der Waals surface area (Å²) in [6, 6.07) is 1.69. The van der Waals surface area contributed by atoms with Crippen molar-refractivity contribution in [2.24, 2.45) is 7.05 Å². The van der Waals surface area contributed by atoms with Crippen molar-refractivity contribution in [2.45, 2.75) is 45.6 Å². The summed E-state index contributed by atoms with van der Waals surface area (Å²) < 4.78 is 1.64. The molecule has 6 nitrogen and oxygen atoms in total. The number of aliphatic carboxylic acids is 1. The van der Waals surface area contributed by atoms with Crippen LogP contribution in [0.25, 0.3) is 0 Å². The van der Waals surface area contributed by atoms with Crippen molar-refractivity contribution in [1.82, 2.24) is 15.1 Å². The molecule has 0 fully saturated rings. The second-order valence-electron chi connectivity index (χ2n) is 5.18. The molecule has 1 unspecified atom stereocenters. The molecule has 0 bridgehead atoms. The SMILES string of the molecule is CCC(C)(NC(=O)c1cc(C(C)C)n(C)n1)C(=O)O. The van der Waals surface area contributed by atoms with E-state index in [0.717, 1.165) is 5.69 Å². The Balaban J connectivity index is 2.96. The van der Waals surface area contributed by atoms with Crippen molar-refractivity contribution >= 4 is 11.9 Å². The summed E-state index contributed by atoms with van der Waals surface area (Å²) in [6.45, 7) is 7.21. The van der Waals surface area contributed by atoms with Gasteiger partial charge >= 0.3 is 5.97 Å². The summed E-state index contributed by atoms with van der Waals surface area (Å²) in [5, 5.41) is 15.8. The predicted octanol–water partition coefficient (Wildman–Crippen LogP) is 1.53. The van der Waals surface area contributed by atoms with Gasteiger partial charge in [-0.15, -0.1) is 0 Å². The third kappa shape index (κ3) is 3.13. The number of amides is 1. The highest BCUT2D eigenvalue weighted by Crippen LogP contribution is 2.16. The molecule has 19 heavy (non-hydrogen) atoms. The molecule has 0 aliphatic carbocycles. The summed E-state index contributed by atoms with van der Waals surface area (Å²) in [4.78, 5) is 23.2. The van der Waals surface area contributed by atoms with Crippen LogP contribution in [0.5, 0.6) is 0 Å². The van der Waals surface area contributed by atoms with E-state index in [1.54, 1.807) is 24.7 Å². The molecule has 1 aromatic rings. The molecular formula is C13H21N3O3. The van der Waals surface area contributed by atoms with E-state index in [9.17, 15) is 9.59 Å². The van der Waals surface area contributed by atoms with Crippen LogP contribution >= 0.6 is 0 Å². The number of nitrogens with zero attached hydrogens (tertiary/aromatic N) is 2. The number of hydrogen-bond donors (Lipinski definition) is 2. The average molecular weight is 267 g/mol. The zero-order valence-electron chi connectivity index (χ0n) is 12.0. The van der Waals surface area contributed by atoms with Crippen LogP contribution in [0.2, 0.25) is 0 Å². The molecule has 6 heteroatoms. The highest BCUT2D eigenvalue weighted by atomic mass is 16.4. The standard InChI is InChI=1S/C13H21N3O3/c1-6-13(4,12(18)19)14-11(17)9-7-10(8(2)3)16(5)15-9/h7-8H,6H2,1-5H3,(H,14,17)(H,18,19). The molecule has 0 aliphatic rings. The number of hydrogen-bond acceptors (Lipinski definition) is 3. The van der Waals surface area contributed by atoms with Crippen LogP contribution in [0.3, 0.4) is 0 Å². The lowest BCUT2D eigenvalue weighted by Crippen LogP contribution is -2.51. The molecule has 1 rings (SSSR count). The maximum absolute atomic E-state index is 12.1. The van der Waals surface area contributed by atoms with Gasteiger partial charge in [-0.25, -0.2) is 4.79 Å². The van der Waals surface area contributed by atoms with Gasteiger partial charge in [-0.3, -0.25) is 9.48 Å². The van der Waals surface area contributed by atoms with Crippen LogP contribution < -0.4 is 5.32 Å². The fourth-order valence-electron chi connectivity index (χ4n) is 1.74. The molecule has 1 atom stereocenters. The first-order valence-corrected chi connectivity index (χ1v) is 6.31. The average Bonchev–Trinajstić information content (AvgIpc) is 2.71. The van der Waals surface area contributed by atoms with Crippen molar-refractivity contribution in [3.05, 3.63) is 17.5 Å². The van der Waals surface area contributed by atoms with Crippen LogP contribution in [-0.2, 0) is 11.8 Å². The normalized spacial score (nSPS) is 14.2. The number of carbonyl (C=O) groups is 2. The third-order valence-corrected chi connectivity index (χ3v) is 3.31. The lowest BCUT2D eigenvalue weighted by atomic mass is 9.99. The number of aryl methyl sites for hydroxylation is 1. The minimum Gasteiger partial charge on any atom is -0.480 e. The van der Waals surface area contributed by atoms with Gasteiger partial charge in [0.05, 0.1) is 0 Å². The summed E-state index contributed by atoms with van der Waals surface area (Å²) in [7, 11) is 1.77. The van der Waals surface area contributed by atoms with Crippen molar-refractivity contribution in [1.29, 1.82) is 0 Å². The van der Waals surface area contributed by atoms with Gasteiger partial charge in [-0.1, -0.05) is 20.8 Å². The topological polar surface area (TPSA) is 84.2 Å². The van der Waals surface area contributed by atoms with E-state index in [1.165, 1.54) is 6.92 Å². The van der Waals surface area contributed by atoms with Gasteiger partial charge in [-0.2, -0.15) is 5.10 Å². The number of carboxylic acids is 1. The van der Waals surface area contributed by atoms with Gasteiger partial charge in [0.2, 0.25) is 0 Å². The van der Waals surface area contributed by atoms with Crippen LogP contribution in [0, 0.1) is 0 Å². The van der Waals surface area contributed by atoms with Gasteiger partial charge < -0.3 is 10.4 Å². The minimum absolute atomic E-state index is 0.243. The van der Waals surface area contributed by atoms with Crippen molar-refractivity contribution in [2.75, 3.05) is 0 Å². The van der Waals surface area contributed by atoms with Crippen molar-refractivity contribution in [3.63, 3.8) is 0 Å². The van der Waals surface area contributed by atoms with E-state index >= 15 is 0 Å². The van der Waals surface area contributed by atoms with Crippen molar-refractivity contribution < 1.29 is 14.7 Å². The molecule has 1 aromatic heterocycles. The van der Waals surface area contributed by atoms with E-state index in [4.69, 9.17) is 5.11 Å². The Morgan fingerprint density at radius 1 is 1.53 bits per heavy atom. The molecule has 1 heterocycles. The first-order chi connectivity index (χ1) is 8.71. The van der Waals surface area contributed by atoms with E-state index in [0.29, 0.717) is 6.42 Å². The second kappa shape index (κ2) is 5.42. The van der Waals surface area contributed by atoms with Gasteiger partial charge in [0, 0.05) is 12.7 Å². The Labute approximate surface area is 112 Å². The Bertz CT molecular complexity index is 493. The minimum atomic E-state index is -1.27. The molecular weight excluding hydrogens is 246 g/mol. The number of rotatable bonds is 5. The lowest BCUT2D eigenvalue weighted by molar-refractivity contribution is -0.143. The number of carbonyl (C=O) groups excluding carboxylic acids is 1. The summed E-state index contributed by atoms with van der Waals surface area (Å²) >= 11 is 0. The molecule has 106 valence electrons. The molecule has 0 spiro atoms. The Morgan fingerprint density at radius 2 is 2.11 bits per heavy atom. The summed E-state index contributed by atoms with van der Waals surface area (Å²) in [5.74, 6) is -1.27. The smallest absolute Gasteiger partial charge is 0.329 e. The maximum Gasteiger partial charge on any atom is 0.329 e. The Hall–Kier alpha value is -1.85. The monoisotopic (exact) mass is 267 g/mol. The molecule has 2 N–H and O–H groups in total. The molecule has 0 saturated carbocycles. The van der Waals surface area contributed by atoms with E-state index in [-0.39, 0.29) is 11.6 Å². The molecule has 0 aromatic carbocycles. The first kappa shape index (κ1) is 15.2.